The molecule has 1 N–H and O–H groups in total. The van der Waals surface area contributed by atoms with E-state index in [1.54, 1.807) is 11.9 Å². The van der Waals surface area contributed by atoms with Gasteiger partial charge in [0.2, 0.25) is 11.8 Å². The van der Waals surface area contributed by atoms with E-state index < -0.39 is 5.92 Å². The molecule has 1 aliphatic rings. The van der Waals surface area contributed by atoms with Crippen molar-refractivity contribution < 1.29 is 14.4 Å². The summed E-state index contributed by atoms with van der Waals surface area (Å²) in [6, 6.07) is 9.92. The second kappa shape index (κ2) is 9.93. The van der Waals surface area contributed by atoms with Gasteiger partial charge in [-0.3, -0.25) is 14.4 Å². The largest absolute Gasteiger partial charge is 0.339 e. The smallest absolute Gasteiger partial charge is 0.228 e. The van der Waals surface area contributed by atoms with E-state index in [2.05, 4.69) is 15.3 Å². The first kappa shape index (κ1) is 23.3. The fraction of sp³-hybridized carbons (Fsp3) is 0.375. The lowest BCUT2D eigenvalue weighted by atomic mass is 9.89. The molecule has 2 amide bonds. The van der Waals surface area contributed by atoms with Gasteiger partial charge in [0.15, 0.2) is 10.9 Å². The number of hydrogen-bond acceptors (Lipinski definition) is 7. The zero-order valence-electron chi connectivity index (χ0n) is 18.8. The van der Waals surface area contributed by atoms with Gasteiger partial charge in [-0.25, -0.2) is 9.97 Å². The number of ketones is 1. The molecule has 2 aromatic heterocycles. The molecular formula is C24H26N4O3S2. The summed E-state index contributed by atoms with van der Waals surface area (Å²) in [5.41, 5.74) is 2.53. The lowest BCUT2D eigenvalue weighted by Crippen LogP contribution is -2.36. The Kier molecular flexibility index (Phi) is 6.99. The Hall–Kier alpha value is -2.91. The van der Waals surface area contributed by atoms with E-state index in [1.165, 1.54) is 22.7 Å². The van der Waals surface area contributed by atoms with Gasteiger partial charge in [-0.15, -0.1) is 11.3 Å². The van der Waals surface area contributed by atoms with Crippen LogP contribution in [0.5, 0.6) is 0 Å². The third kappa shape index (κ3) is 5.20. The number of hydrogen-bond donors (Lipinski definition) is 1. The van der Waals surface area contributed by atoms with Gasteiger partial charge in [-0.2, -0.15) is 0 Å². The number of rotatable bonds is 7. The molecule has 0 fully saturated rings. The van der Waals surface area contributed by atoms with Gasteiger partial charge < -0.3 is 10.2 Å². The van der Waals surface area contributed by atoms with E-state index in [0.29, 0.717) is 28.7 Å². The number of carbonyl (C=O) groups excluding carboxylic acids is 3. The van der Waals surface area contributed by atoms with Crippen molar-refractivity contribution in [2.24, 2.45) is 11.8 Å². The highest BCUT2D eigenvalue weighted by Crippen LogP contribution is 2.33. The van der Waals surface area contributed by atoms with Crippen LogP contribution in [0.25, 0.3) is 11.3 Å². The number of fused-ring (bicyclic) bond motifs is 1. The van der Waals surface area contributed by atoms with Gasteiger partial charge in [0.25, 0.3) is 0 Å². The number of nitrogens with zero attached hydrogens (tertiary/aromatic N) is 3. The van der Waals surface area contributed by atoms with Gasteiger partial charge in [0.05, 0.1) is 28.7 Å². The Labute approximate surface area is 200 Å². The Balaban J connectivity index is 1.41. The van der Waals surface area contributed by atoms with Crippen molar-refractivity contribution in [1.29, 1.82) is 0 Å². The standard InChI is InChI=1S/C24H26N4O3S2/c1-4-14(2)22(30)27-24-26-17-10-16(11-19(29)21(17)33-24)23(31)28(3)12-20-25-18(13-32-20)15-8-6-5-7-9-15/h5-9,13-14,16H,4,10-12H2,1-3H3,(H,26,27,30). The summed E-state index contributed by atoms with van der Waals surface area (Å²) in [6.45, 7) is 4.19. The molecule has 0 saturated carbocycles. The number of aromatic nitrogens is 2. The van der Waals surface area contributed by atoms with Crippen LogP contribution in [0, 0.1) is 11.8 Å². The highest BCUT2D eigenvalue weighted by Gasteiger charge is 2.34. The Bertz CT molecular complexity index is 1170. The van der Waals surface area contributed by atoms with Crippen LogP contribution in [0.2, 0.25) is 0 Å². The average molecular weight is 483 g/mol. The molecule has 0 radical (unpaired) electrons. The van der Waals surface area contributed by atoms with Crippen molar-refractivity contribution in [3.05, 3.63) is 51.3 Å². The molecule has 0 aliphatic heterocycles. The van der Waals surface area contributed by atoms with E-state index >= 15 is 0 Å². The van der Waals surface area contributed by atoms with Crippen molar-refractivity contribution >= 4 is 45.4 Å². The number of benzene rings is 1. The van der Waals surface area contributed by atoms with Crippen LogP contribution in [0.4, 0.5) is 5.13 Å². The predicted octanol–water partition coefficient (Wildman–Crippen LogP) is 4.65. The van der Waals surface area contributed by atoms with Gasteiger partial charge >= 0.3 is 0 Å². The molecule has 2 heterocycles. The van der Waals surface area contributed by atoms with Gasteiger partial charge in [-0.1, -0.05) is 55.5 Å². The van der Waals surface area contributed by atoms with Crippen LogP contribution in [-0.4, -0.2) is 39.5 Å². The summed E-state index contributed by atoms with van der Waals surface area (Å²) in [7, 11) is 1.74. The maximum absolute atomic E-state index is 13.1. The number of carbonyl (C=O) groups is 3. The van der Waals surface area contributed by atoms with Gasteiger partial charge in [-0.05, 0) is 6.42 Å². The van der Waals surface area contributed by atoms with Crippen LogP contribution in [0.3, 0.4) is 0 Å². The number of nitrogens with one attached hydrogen (secondary N) is 1. The molecule has 2 unspecified atom stereocenters. The Morgan fingerprint density at radius 1 is 1.21 bits per heavy atom. The minimum atomic E-state index is -0.455. The third-order valence-corrected chi connectivity index (χ3v) is 7.72. The monoisotopic (exact) mass is 482 g/mol. The van der Waals surface area contributed by atoms with E-state index in [0.717, 1.165) is 22.7 Å². The first-order valence-corrected chi connectivity index (χ1v) is 12.6. The zero-order chi connectivity index (χ0) is 23.5. The van der Waals surface area contributed by atoms with E-state index in [9.17, 15) is 14.4 Å². The van der Waals surface area contributed by atoms with Crippen LogP contribution in [-0.2, 0) is 22.6 Å². The summed E-state index contributed by atoms with van der Waals surface area (Å²) in [6.07, 6.45) is 1.28. The quantitative estimate of drug-likeness (QED) is 0.529. The van der Waals surface area contributed by atoms with Crippen LogP contribution < -0.4 is 5.32 Å². The Morgan fingerprint density at radius 3 is 2.70 bits per heavy atom. The molecule has 1 aromatic carbocycles. The first-order valence-electron chi connectivity index (χ1n) is 10.9. The average Bonchev–Trinajstić information content (AvgIpc) is 3.45. The highest BCUT2D eigenvalue weighted by molar-refractivity contribution is 7.17. The van der Waals surface area contributed by atoms with Gasteiger partial charge in [0, 0.05) is 36.8 Å². The summed E-state index contributed by atoms with van der Waals surface area (Å²) in [5.74, 6) is -0.878. The fourth-order valence-electron chi connectivity index (χ4n) is 3.69. The van der Waals surface area contributed by atoms with E-state index in [4.69, 9.17) is 0 Å². The molecule has 4 rings (SSSR count). The molecule has 2 atom stereocenters. The molecule has 172 valence electrons. The van der Waals surface area contributed by atoms with Crippen molar-refractivity contribution in [3.8, 4) is 11.3 Å². The summed E-state index contributed by atoms with van der Waals surface area (Å²) >= 11 is 2.72. The molecule has 0 spiro atoms. The predicted molar refractivity (Wildman–Crippen MR) is 130 cm³/mol. The zero-order valence-corrected chi connectivity index (χ0v) is 20.5. The first-order chi connectivity index (χ1) is 15.9. The fourth-order valence-corrected chi connectivity index (χ4v) is 5.49. The topological polar surface area (TPSA) is 92.3 Å². The number of thiazole rings is 2. The molecule has 3 aromatic rings. The van der Waals surface area contributed by atoms with E-state index in [1.807, 2.05) is 49.6 Å². The minimum absolute atomic E-state index is 0.0925. The lowest BCUT2D eigenvalue weighted by Gasteiger charge is -2.24. The maximum Gasteiger partial charge on any atom is 0.228 e. The van der Waals surface area contributed by atoms with E-state index in [-0.39, 0.29) is 29.9 Å². The number of anilines is 1. The van der Waals surface area contributed by atoms with Crippen molar-refractivity contribution in [2.75, 3.05) is 12.4 Å². The van der Waals surface area contributed by atoms with Crippen LogP contribution >= 0.6 is 22.7 Å². The number of amides is 2. The Morgan fingerprint density at radius 2 is 1.97 bits per heavy atom. The normalized spacial score (nSPS) is 16.2. The number of Topliss-reactive ketones (excluding diaryl/α,β-unsaturated/α-hetero) is 1. The maximum atomic E-state index is 13.1. The summed E-state index contributed by atoms with van der Waals surface area (Å²) in [4.78, 5) is 49.3. The molecule has 7 nitrogen and oxygen atoms in total. The molecular weight excluding hydrogens is 456 g/mol. The van der Waals surface area contributed by atoms with Crippen LogP contribution in [0.1, 0.15) is 47.1 Å². The molecule has 33 heavy (non-hydrogen) atoms. The van der Waals surface area contributed by atoms with Crippen molar-refractivity contribution in [1.82, 2.24) is 14.9 Å². The molecule has 0 bridgehead atoms. The SMILES string of the molecule is CCC(C)C(=O)Nc1nc2c(s1)C(=O)CC(C(=O)N(C)Cc1nc(-c3ccccc3)cs1)C2. The molecule has 9 heteroatoms. The molecule has 0 saturated heterocycles. The lowest BCUT2D eigenvalue weighted by molar-refractivity contribution is -0.134. The second-order valence-electron chi connectivity index (χ2n) is 8.31. The van der Waals surface area contributed by atoms with Gasteiger partial charge in [0.1, 0.15) is 5.01 Å². The second-order valence-corrected chi connectivity index (χ2v) is 10.3. The minimum Gasteiger partial charge on any atom is -0.339 e. The summed E-state index contributed by atoms with van der Waals surface area (Å²) < 4.78 is 0. The van der Waals surface area contributed by atoms with Crippen molar-refractivity contribution in [3.63, 3.8) is 0 Å². The van der Waals surface area contributed by atoms with Crippen molar-refractivity contribution in [2.45, 2.75) is 39.7 Å². The third-order valence-electron chi connectivity index (χ3n) is 5.83. The summed E-state index contributed by atoms with van der Waals surface area (Å²) in [5, 5.41) is 6.06. The van der Waals surface area contributed by atoms with Crippen LogP contribution in [0.15, 0.2) is 35.7 Å². The highest BCUT2D eigenvalue weighted by atomic mass is 32.1. The molecule has 1 aliphatic carbocycles.